The van der Waals surface area contributed by atoms with Crippen molar-refractivity contribution in [3.8, 4) is 0 Å². The molecule has 0 unspecified atom stereocenters. The van der Waals surface area contributed by atoms with Crippen molar-refractivity contribution in [3.63, 3.8) is 0 Å². The number of amides is 2. The van der Waals surface area contributed by atoms with Crippen molar-refractivity contribution in [2.45, 2.75) is 39.2 Å². The summed E-state index contributed by atoms with van der Waals surface area (Å²) < 4.78 is 0. The van der Waals surface area contributed by atoms with Gasteiger partial charge in [0.05, 0.1) is 6.61 Å². The number of likely N-dealkylation sites (tertiary alicyclic amines) is 2. The Morgan fingerprint density at radius 1 is 1.17 bits per heavy atom. The fraction of sp³-hybridized carbons (Fsp3) is 0.579. The van der Waals surface area contributed by atoms with E-state index in [0.717, 1.165) is 51.0 Å². The van der Waals surface area contributed by atoms with E-state index in [-0.39, 0.29) is 23.8 Å². The molecule has 0 aliphatic carbocycles. The third-order valence-electron chi connectivity index (χ3n) is 5.62. The summed E-state index contributed by atoms with van der Waals surface area (Å²) in [5.41, 5.74) is 1.69. The van der Waals surface area contributed by atoms with E-state index in [4.69, 9.17) is 5.11 Å². The molecule has 1 N–H and O–H groups in total. The largest absolute Gasteiger partial charge is 0.392 e. The van der Waals surface area contributed by atoms with E-state index in [9.17, 15) is 9.59 Å². The first-order valence-corrected chi connectivity index (χ1v) is 8.84. The lowest BCUT2D eigenvalue weighted by molar-refractivity contribution is -0.138. The summed E-state index contributed by atoms with van der Waals surface area (Å²) in [6.45, 7) is 5.16. The van der Waals surface area contributed by atoms with Gasteiger partial charge in [-0.2, -0.15) is 0 Å². The molecule has 1 spiro atoms. The minimum atomic E-state index is -0.00659. The van der Waals surface area contributed by atoms with E-state index in [2.05, 4.69) is 0 Å². The highest BCUT2D eigenvalue weighted by molar-refractivity contribution is 5.94. The highest BCUT2D eigenvalue weighted by Gasteiger charge is 2.41. The molecular formula is C19H26N2O3. The Hall–Kier alpha value is -1.88. The Kier molecular flexibility index (Phi) is 4.90. The molecule has 24 heavy (non-hydrogen) atoms. The number of carbonyl (C=O) groups excluding carboxylic acids is 2. The molecule has 2 saturated heterocycles. The molecule has 5 nitrogen and oxygen atoms in total. The van der Waals surface area contributed by atoms with Gasteiger partial charge in [-0.25, -0.2) is 0 Å². The molecule has 2 aliphatic rings. The average Bonchev–Trinajstić information content (AvgIpc) is 2.64. The smallest absolute Gasteiger partial charge is 0.253 e. The Morgan fingerprint density at radius 2 is 1.83 bits per heavy atom. The molecule has 2 amide bonds. The van der Waals surface area contributed by atoms with Crippen LogP contribution < -0.4 is 0 Å². The van der Waals surface area contributed by atoms with Gasteiger partial charge in [-0.05, 0) is 49.3 Å². The maximum Gasteiger partial charge on any atom is 0.253 e. The van der Waals surface area contributed by atoms with Crippen LogP contribution in [0.3, 0.4) is 0 Å². The zero-order chi connectivity index (χ0) is 17.2. The van der Waals surface area contributed by atoms with E-state index in [1.54, 1.807) is 24.3 Å². The quantitative estimate of drug-likeness (QED) is 0.923. The predicted octanol–water partition coefficient (Wildman–Crippen LogP) is 2.04. The van der Waals surface area contributed by atoms with Crippen molar-refractivity contribution in [2.24, 2.45) is 5.41 Å². The minimum absolute atomic E-state index is 0.00659. The van der Waals surface area contributed by atoms with Crippen LogP contribution in [0.15, 0.2) is 24.3 Å². The number of rotatable bonds is 3. The molecule has 0 radical (unpaired) electrons. The Balaban J connectivity index is 1.62. The Morgan fingerprint density at radius 3 is 2.42 bits per heavy atom. The normalized spacial score (nSPS) is 20.5. The first kappa shape index (κ1) is 17.0. The predicted molar refractivity (Wildman–Crippen MR) is 91.4 cm³/mol. The highest BCUT2D eigenvalue weighted by Crippen LogP contribution is 2.40. The van der Waals surface area contributed by atoms with Gasteiger partial charge < -0.3 is 14.9 Å². The molecule has 0 aromatic heterocycles. The lowest BCUT2D eigenvalue weighted by atomic mass is 9.72. The van der Waals surface area contributed by atoms with E-state index in [1.807, 2.05) is 16.7 Å². The monoisotopic (exact) mass is 330 g/mol. The molecule has 1 aromatic rings. The number of carbonyl (C=O) groups is 2. The van der Waals surface area contributed by atoms with Gasteiger partial charge in [0.25, 0.3) is 5.91 Å². The fourth-order valence-corrected chi connectivity index (χ4v) is 3.92. The van der Waals surface area contributed by atoms with E-state index in [0.29, 0.717) is 12.0 Å². The van der Waals surface area contributed by atoms with Gasteiger partial charge in [-0.15, -0.1) is 0 Å². The van der Waals surface area contributed by atoms with Crippen molar-refractivity contribution in [3.05, 3.63) is 35.4 Å². The second kappa shape index (κ2) is 6.93. The highest BCUT2D eigenvalue weighted by atomic mass is 16.3. The SMILES string of the molecule is CCN1CC2(CCC1=O)CCN(C(=O)c1ccc(CO)cc1)CC2. The van der Waals surface area contributed by atoms with Crippen LogP contribution in [0.25, 0.3) is 0 Å². The van der Waals surface area contributed by atoms with Crippen LogP contribution in [0.5, 0.6) is 0 Å². The number of aliphatic hydroxyl groups is 1. The molecule has 0 atom stereocenters. The molecule has 2 heterocycles. The minimum Gasteiger partial charge on any atom is -0.392 e. The van der Waals surface area contributed by atoms with Crippen molar-refractivity contribution >= 4 is 11.8 Å². The number of hydrogen-bond acceptors (Lipinski definition) is 3. The van der Waals surface area contributed by atoms with Crippen molar-refractivity contribution in [1.82, 2.24) is 9.80 Å². The van der Waals surface area contributed by atoms with Gasteiger partial charge in [0, 0.05) is 38.2 Å². The summed E-state index contributed by atoms with van der Waals surface area (Å²) in [7, 11) is 0. The van der Waals surface area contributed by atoms with Crippen LogP contribution in [0.4, 0.5) is 0 Å². The van der Waals surface area contributed by atoms with E-state index < -0.39 is 0 Å². The van der Waals surface area contributed by atoms with Crippen molar-refractivity contribution in [1.29, 1.82) is 0 Å². The number of hydrogen-bond donors (Lipinski definition) is 1. The Bertz CT molecular complexity index is 604. The summed E-state index contributed by atoms with van der Waals surface area (Å²) in [6.07, 6.45) is 3.54. The van der Waals surface area contributed by atoms with Crippen LogP contribution in [0, 0.1) is 5.41 Å². The van der Waals surface area contributed by atoms with Gasteiger partial charge in [0.2, 0.25) is 5.91 Å². The van der Waals surface area contributed by atoms with Crippen LogP contribution in [0.2, 0.25) is 0 Å². The van der Waals surface area contributed by atoms with Crippen molar-refractivity contribution in [2.75, 3.05) is 26.2 Å². The first-order valence-electron chi connectivity index (χ1n) is 8.84. The number of piperidine rings is 2. The maximum atomic E-state index is 12.6. The number of nitrogens with zero attached hydrogens (tertiary/aromatic N) is 2. The van der Waals surface area contributed by atoms with E-state index >= 15 is 0 Å². The average molecular weight is 330 g/mol. The zero-order valence-corrected chi connectivity index (χ0v) is 14.3. The molecule has 0 bridgehead atoms. The standard InChI is InChI=1S/C19H26N2O3/c1-2-20-14-19(8-7-17(20)23)9-11-21(12-10-19)18(24)16-5-3-15(13-22)4-6-16/h3-6,22H,2,7-14H2,1H3. The third kappa shape index (κ3) is 3.31. The molecule has 2 fully saturated rings. The lowest BCUT2D eigenvalue weighted by Crippen LogP contribution is -2.52. The second-order valence-electron chi connectivity index (χ2n) is 7.06. The molecule has 130 valence electrons. The molecule has 2 aliphatic heterocycles. The summed E-state index contributed by atoms with van der Waals surface area (Å²) in [5, 5.41) is 9.09. The molecule has 5 heteroatoms. The van der Waals surface area contributed by atoms with Gasteiger partial charge in [-0.3, -0.25) is 9.59 Å². The number of benzene rings is 1. The van der Waals surface area contributed by atoms with E-state index in [1.165, 1.54) is 0 Å². The third-order valence-corrected chi connectivity index (χ3v) is 5.62. The van der Waals surface area contributed by atoms with Crippen LogP contribution in [-0.2, 0) is 11.4 Å². The summed E-state index contributed by atoms with van der Waals surface area (Å²) in [6, 6.07) is 7.17. The Labute approximate surface area is 143 Å². The summed E-state index contributed by atoms with van der Waals surface area (Å²) >= 11 is 0. The van der Waals surface area contributed by atoms with Gasteiger partial charge in [0.1, 0.15) is 0 Å². The molecular weight excluding hydrogens is 304 g/mol. The first-order chi connectivity index (χ1) is 11.6. The summed E-state index contributed by atoms with van der Waals surface area (Å²) in [5.74, 6) is 0.333. The molecule has 0 saturated carbocycles. The summed E-state index contributed by atoms with van der Waals surface area (Å²) in [4.78, 5) is 28.4. The number of aliphatic hydroxyl groups excluding tert-OH is 1. The van der Waals surface area contributed by atoms with Crippen LogP contribution >= 0.6 is 0 Å². The van der Waals surface area contributed by atoms with Crippen LogP contribution in [0.1, 0.15) is 48.5 Å². The second-order valence-corrected chi connectivity index (χ2v) is 7.06. The molecule has 1 aromatic carbocycles. The van der Waals surface area contributed by atoms with Gasteiger partial charge in [-0.1, -0.05) is 12.1 Å². The molecule has 3 rings (SSSR count). The van der Waals surface area contributed by atoms with Gasteiger partial charge >= 0.3 is 0 Å². The lowest BCUT2D eigenvalue weighted by Gasteiger charge is -2.47. The van der Waals surface area contributed by atoms with Crippen molar-refractivity contribution < 1.29 is 14.7 Å². The maximum absolute atomic E-state index is 12.6. The fourth-order valence-electron chi connectivity index (χ4n) is 3.92. The zero-order valence-electron chi connectivity index (χ0n) is 14.3. The van der Waals surface area contributed by atoms with Crippen LogP contribution in [-0.4, -0.2) is 52.9 Å². The van der Waals surface area contributed by atoms with Gasteiger partial charge in [0.15, 0.2) is 0 Å². The topological polar surface area (TPSA) is 60.9 Å².